The van der Waals surface area contributed by atoms with Gasteiger partial charge in [0, 0.05) is 11.1 Å². The first-order valence-corrected chi connectivity index (χ1v) is 10.2. The monoisotopic (exact) mass is 424 g/mol. The van der Waals surface area contributed by atoms with E-state index in [2.05, 4.69) is 4.99 Å². The van der Waals surface area contributed by atoms with Crippen LogP contribution >= 0.6 is 11.3 Å². The van der Waals surface area contributed by atoms with Gasteiger partial charge < -0.3 is 9.47 Å². The Morgan fingerprint density at radius 2 is 2.00 bits per heavy atom. The summed E-state index contributed by atoms with van der Waals surface area (Å²) in [6.07, 6.45) is 1.51. The van der Waals surface area contributed by atoms with Crippen molar-refractivity contribution in [3.05, 3.63) is 85.2 Å². The normalized spacial score (nSPS) is 24.3. The number of carbonyl (C=O) groups excluding carboxylic acids is 1. The molecule has 0 saturated heterocycles. The minimum atomic E-state index is -1.22. The van der Waals surface area contributed by atoms with Crippen LogP contribution in [0.4, 0.5) is 4.39 Å². The Morgan fingerprint density at radius 1 is 1.27 bits per heavy atom. The second-order valence-corrected chi connectivity index (χ2v) is 8.35. The molecule has 0 spiro atoms. The number of methoxy groups -OCH3 is 1. The third-order valence-electron chi connectivity index (χ3n) is 5.53. The van der Waals surface area contributed by atoms with Crippen LogP contribution in [-0.4, -0.2) is 23.4 Å². The van der Waals surface area contributed by atoms with Gasteiger partial charge in [0.25, 0.3) is 5.56 Å². The number of carbonyl (C=O) groups is 1. The molecule has 152 valence electrons. The topological polar surface area (TPSA) is 69.9 Å². The molecule has 0 aliphatic carbocycles. The number of ether oxygens (including phenoxy) is 2. The molecule has 5 rings (SSSR count). The summed E-state index contributed by atoms with van der Waals surface area (Å²) in [7, 11) is 1.30. The average molecular weight is 424 g/mol. The third-order valence-corrected chi connectivity index (χ3v) is 6.51. The molecule has 3 atom stereocenters. The third kappa shape index (κ3) is 2.64. The van der Waals surface area contributed by atoms with Crippen LogP contribution in [0, 0.1) is 11.7 Å². The first kappa shape index (κ1) is 18.7. The number of benzene rings is 2. The molecular weight excluding hydrogens is 407 g/mol. The fourth-order valence-corrected chi connectivity index (χ4v) is 5.25. The molecule has 2 aliphatic heterocycles. The van der Waals surface area contributed by atoms with Crippen molar-refractivity contribution in [1.29, 1.82) is 0 Å². The lowest BCUT2D eigenvalue weighted by Gasteiger charge is -2.44. The van der Waals surface area contributed by atoms with E-state index >= 15 is 0 Å². The Hall–Kier alpha value is -3.26. The van der Waals surface area contributed by atoms with Gasteiger partial charge in [-0.1, -0.05) is 47.7 Å². The number of esters is 1. The Bertz CT molecular complexity index is 1360. The summed E-state index contributed by atoms with van der Waals surface area (Å²) in [6.45, 7) is 1.71. The number of fused-ring (bicyclic) bond motifs is 6. The molecule has 30 heavy (non-hydrogen) atoms. The Labute approximate surface area is 174 Å². The average Bonchev–Trinajstić information content (AvgIpc) is 3.02. The van der Waals surface area contributed by atoms with Crippen LogP contribution in [0.15, 0.2) is 58.3 Å². The smallest absolute Gasteiger partial charge is 0.317 e. The number of rotatable bonds is 2. The molecule has 0 unspecified atom stereocenters. The fourth-order valence-electron chi connectivity index (χ4n) is 4.16. The molecule has 8 heteroatoms. The van der Waals surface area contributed by atoms with Gasteiger partial charge in [-0.25, -0.2) is 9.38 Å². The first-order chi connectivity index (χ1) is 14.4. The molecule has 3 heterocycles. The lowest BCUT2D eigenvalue weighted by molar-refractivity contribution is -0.158. The zero-order valence-corrected chi connectivity index (χ0v) is 17.0. The maximum atomic E-state index is 14.1. The highest BCUT2D eigenvalue weighted by Gasteiger charge is 2.55. The van der Waals surface area contributed by atoms with E-state index in [1.54, 1.807) is 31.2 Å². The quantitative estimate of drug-likeness (QED) is 0.590. The van der Waals surface area contributed by atoms with Crippen LogP contribution in [0.2, 0.25) is 0 Å². The minimum absolute atomic E-state index is 0.309. The molecule has 0 radical (unpaired) electrons. The van der Waals surface area contributed by atoms with Crippen molar-refractivity contribution in [2.45, 2.75) is 18.7 Å². The Balaban J connectivity index is 1.81. The van der Waals surface area contributed by atoms with Gasteiger partial charge in [0.15, 0.2) is 4.80 Å². The zero-order valence-electron chi connectivity index (χ0n) is 16.2. The molecule has 2 bridgehead atoms. The summed E-state index contributed by atoms with van der Waals surface area (Å²) in [5.74, 6) is -1.20. The summed E-state index contributed by atoms with van der Waals surface area (Å²) in [5, 5.41) is 0. The van der Waals surface area contributed by atoms with E-state index in [4.69, 9.17) is 9.47 Å². The van der Waals surface area contributed by atoms with E-state index in [0.717, 1.165) is 11.3 Å². The summed E-state index contributed by atoms with van der Waals surface area (Å²) in [4.78, 5) is 31.2. The van der Waals surface area contributed by atoms with Gasteiger partial charge in [0.05, 0.1) is 17.7 Å². The Kier molecular flexibility index (Phi) is 4.14. The van der Waals surface area contributed by atoms with Crippen LogP contribution in [0.3, 0.4) is 0 Å². The predicted molar refractivity (Wildman–Crippen MR) is 108 cm³/mol. The fraction of sp³-hybridized carbons (Fsp3) is 0.227. The van der Waals surface area contributed by atoms with E-state index in [1.165, 1.54) is 23.8 Å². The second-order valence-electron chi connectivity index (χ2n) is 7.34. The first-order valence-electron chi connectivity index (χ1n) is 9.36. The lowest BCUT2D eigenvalue weighted by Crippen LogP contribution is -2.58. The molecule has 3 aromatic rings. The summed E-state index contributed by atoms with van der Waals surface area (Å²) in [5.41, 5.74) is -0.541. The molecule has 2 aliphatic rings. The van der Waals surface area contributed by atoms with Gasteiger partial charge in [-0.05, 0) is 25.1 Å². The van der Waals surface area contributed by atoms with Crippen LogP contribution in [0.5, 0.6) is 5.75 Å². The van der Waals surface area contributed by atoms with E-state index in [0.29, 0.717) is 26.2 Å². The van der Waals surface area contributed by atoms with Gasteiger partial charge in [0.2, 0.25) is 5.72 Å². The van der Waals surface area contributed by atoms with Crippen LogP contribution in [0.25, 0.3) is 6.08 Å². The molecule has 0 saturated carbocycles. The van der Waals surface area contributed by atoms with Gasteiger partial charge >= 0.3 is 5.97 Å². The maximum absolute atomic E-state index is 14.1. The van der Waals surface area contributed by atoms with Crippen LogP contribution < -0.4 is 19.6 Å². The molecule has 6 nitrogen and oxygen atoms in total. The summed E-state index contributed by atoms with van der Waals surface area (Å²) in [6, 6.07) is 12.9. The molecule has 1 aromatic heterocycles. The van der Waals surface area contributed by atoms with E-state index in [-0.39, 0.29) is 5.56 Å². The van der Waals surface area contributed by atoms with Gasteiger partial charge in [0.1, 0.15) is 17.5 Å². The molecule has 0 fully saturated rings. The number of nitrogens with zero attached hydrogens (tertiary/aromatic N) is 2. The lowest BCUT2D eigenvalue weighted by atomic mass is 9.81. The van der Waals surface area contributed by atoms with Crippen molar-refractivity contribution in [1.82, 2.24) is 4.57 Å². The van der Waals surface area contributed by atoms with E-state index < -0.39 is 29.5 Å². The SMILES string of the molecule is COC(=O)[C@@H]1[C@@H]2c3ccccc3O[C@@]1(C)N=c1s/c(=C\c3ccccc3F)c(=O)n12. The van der Waals surface area contributed by atoms with E-state index in [9.17, 15) is 14.0 Å². The summed E-state index contributed by atoms with van der Waals surface area (Å²) < 4.78 is 27.1. The highest BCUT2D eigenvalue weighted by atomic mass is 32.1. The molecule has 0 N–H and O–H groups in total. The van der Waals surface area contributed by atoms with Crippen LogP contribution in [0.1, 0.15) is 24.1 Å². The molecular formula is C22H17FN2O4S. The van der Waals surface area contributed by atoms with Crippen molar-refractivity contribution < 1.29 is 18.7 Å². The van der Waals surface area contributed by atoms with Gasteiger partial charge in [-0.3, -0.25) is 14.2 Å². The second kappa shape index (κ2) is 6.63. The number of aromatic nitrogens is 1. The summed E-state index contributed by atoms with van der Waals surface area (Å²) >= 11 is 1.15. The number of halogens is 1. The van der Waals surface area contributed by atoms with Crippen LogP contribution in [-0.2, 0) is 9.53 Å². The van der Waals surface area contributed by atoms with E-state index in [1.807, 2.05) is 18.2 Å². The van der Waals surface area contributed by atoms with Crippen molar-refractivity contribution in [2.75, 3.05) is 7.11 Å². The largest absolute Gasteiger partial charge is 0.469 e. The highest BCUT2D eigenvalue weighted by Crippen LogP contribution is 2.47. The maximum Gasteiger partial charge on any atom is 0.317 e. The molecule has 2 aromatic carbocycles. The van der Waals surface area contributed by atoms with Crippen molar-refractivity contribution in [3.8, 4) is 5.75 Å². The van der Waals surface area contributed by atoms with Crippen molar-refractivity contribution in [2.24, 2.45) is 10.9 Å². The number of thiazole rings is 1. The number of para-hydroxylation sites is 1. The number of hydrogen-bond acceptors (Lipinski definition) is 6. The zero-order chi connectivity index (χ0) is 21.0. The van der Waals surface area contributed by atoms with Gasteiger partial charge in [-0.2, -0.15) is 0 Å². The standard InChI is InChI=1S/C22H17FN2O4S/c1-22-17(20(27)28-2)18(13-8-4-6-10-15(13)29-22)25-19(26)16(30-21(25)24-22)11-12-7-3-5-9-14(12)23/h3-11,17-18H,1-2H3/b16-11-/t17-,18-,22+/m0/s1. The van der Waals surface area contributed by atoms with Crippen molar-refractivity contribution in [3.63, 3.8) is 0 Å². The molecule has 0 amide bonds. The minimum Gasteiger partial charge on any atom is -0.469 e. The van der Waals surface area contributed by atoms with Gasteiger partial charge in [-0.15, -0.1) is 0 Å². The van der Waals surface area contributed by atoms with Crippen molar-refractivity contribution >= 4 is 23.4 Å². The number of hydrogen-bond donors (Lipinski definition) is 0. The predicted octanol–water partition coefficient (Wildman–Crippen LogP) is 2.00. The highest BCUT2D eigenvalue weighted by molar-refractivity contribution is 7.07. The Morgan fingerprint density at radius 3 is 2.77 bits per heavy atom.